The van der Waals surface area contributed by atoms with E-state index in [9.17, 15) is 0 Å². The Morgan fingerprint density at radius 1 is 1.10 bits per heavy atom. The van der Waals surface area contributed by atoms with Crippen LogP contribution in [0, 0.1) is 0 Å². The van der Waals surface area contributed by atoms with Gasteiger partial charge in [0.25, 0.3) is 0 Å². The first kappa shape index (κ1) is 10.2. The van der Waals surface area contributed by atoms with Crippen LogP contribution < -0.4 is 0 Å². The van der Waals surface area contributed by atoms with Crippen LogP contribution in [0.1, 0.15) is 40.5 Å². The Balaban J connectivity index is 3.69. The standard InChI is InChI=1S/C8H21NSi/c1-5-7(3)9(10)8(4)6-2/h7-8H,5-6H2,1-4,10H3. The summed E-state index contributed by atoms with van der Waals surface area (Å²) in [5.41, 5.74) is 0. The molecule has 62 valence electrons. The third kappa shape index (κ3) is 2.84. The number of rotatable bonds is 4. The lowest BCUT2D eigenvalue weighted by Crippen LogP contribution is -2.37. The fourth-order valence-corrected chi connectivity index (χ4v) is 1.74. The normalized spacial score (nSPS) is 17.7. The first-order valence-electron chi connectivity index (χ1n) is 4.35. The largest absolute Gasteiger partial charge is 0.327 e. The van der Waals surface area contributed by atoms with Crippen molar-refractivity contribution in [2.75, 3.05) is 0 Å². The summed E-state index contributed by atoms with van der Waals surface area (Å²) in [6, 6.07) is 1.59. The van der Waals surface area contributed by atoms with Gasteiger partial charge in [-0.1, -0.05) is 27.7 Å². The van der Waals surface area contributed by atoms with Crippen LogP contribution in [-0.4, -0.2) is 27.1 Å². The molecule has 0 aromatic carbocycles. The lowest BCUT2D eigenvalue weighted by atomic mass is 10.2. The van der Waals surface area contributed by atoms with Crippen molar-refractivity contribution >= 4 is 10.4 Å². The zero-order chi connectivity index (χ0) is 8.15. The van der Waals surface area contributed by atoms with Crippen molar-refractivity contribution in [2.24, 2.45) is 0 Å². The molecule has 10 heavy (non-hydrogen) atoms. The van der Waals surface area contributed by atoms with Gasteiger partial charge in [0.15, 0.2) is 0 Å². The van der Waals surface area contributed by atoms with E-state index in [1.807, 2.05) is 0 Å². The highest BCUT2D eigenvalue weighted by Gasteiger charge is 2.10. The molecule has 2 heteroatoms. The molecule has 0 aliphatic rings. The number of hydrogen-bond donors (Lipinski definition) is 0. The van der Waals surface area contributed by atoms with E-state index >= 15 is 0 Å². The summed E-state index contributed by atoms with van der Waals surface area (Å²) in [5.74, 6) is 0. The van der Waals surface area contributed by atoms with Gasteiger partial charge in [-0.15, -0.1) is 0 Å². The highest BCUT2D eigenvalue weighted by Crippen LogP contribution is 2.06. The highest BCUT2D eigenvalue weighted by atomic mass is 28.2. The van der Waals surface area contributed by atoms with Crippen molar-refractivity contribution in [2.45, 2.75) is 52.6 Å². The first-order valence-corrected chi connectivity index (χ1v) is 5.24. The van der Waals surface area contributed by atoms with Crippen LogP contribution in [0.4, 0.5) is 0 Å². The minimum atomic E-state index is 0.793. The quantitative estimate of drug-likeness (QED) is 0.557. The molecule has 0 fully saturated rings. The molecule has 0 N–H and O–H groups in total. The van der Waals surface area contributed by atoms with Crippen molar-refractivity contribution in [3.63, 3.8) is 0 Å². The maximum atomic E-state index is 2.58. The molecule has 0 aliphatic carbocycles. The summed E-state index contributed by atoms with van der Waals surface area (Å²) < 4.78 is 2.58. The highest BCUT2D eigenvalue weighted by molar-refractivity contribution is 6.04. The molecular formula is C8H21NSi. The third-order valence-electron chi connectivity index (χ3n) is 2.57. The molecule has 0 amide bonds. The summed E-state index contributed by atoms with van der Waals surface area (Å²) in [4.78, 5) is 0. The Bertz CT molecular complexity index is 75.3. The van der Waals surface area contributed by atoms with E-state index in [0.717, 1.165) is 12.1 Å². The van der Waals surface area contributed by atoms with E-state index in [-0.39, 0.29) is 0 Å². The van der Waals surface area contributed by atoms with Crippen LogP contribution in [0.5, 0.6) is 0 Å². The molecule has 0 aromatic heterocycles. The van der Waals surface area contributed by atoms with Gasteiger partial charge in [0.1, 0.15) is 0 Å². The van der Waals surface area contributed by atoms with Crippen molar-refractivity contribution in [1.82, 2.24) is 4.57 Å². The van der Waals surface area contributed by atoms with Crippen LogP contribution in [0.25, 0.3) is 0 Å². The van der Waals surface area contributed by atoms with Gasteiger partial charge in [-0.25, -0.2) is 0 Å². The Labute approximate surface area is 68.3 Å². The van der Waals surface area contributed by atoms with Crippen LogP contribution in [0.15, 0.2) is 0 Å². The van der Waals surface area contributed by atoms with E-state index in [1.54, 1.807) is 0 Å². The van der Waals surface area contributed by atoms with Crippen molar-refractivity contribution in [3.05, 3.63) is 0 Å². The van der Waals surface area contributed by atoms with Gasteiger partial charge in [0, 0.05) is 0 Å². The smallest absolute Gasteiger partial charge is 0.0791 e. The average Bonchev–Trinajstić information content (AvgIpc) is 2.00. The van der Waals surface area contributed by atoms with Crippen LogP contribution in [0.3, 0.4) is 0 Å². The predicted molar refractivity (Wildman–Crippen MR) is 51.3 cm³/mol. The maximum absolute atomic E-state index is 2.58. The van der Waals surface area contributed by atoms with Crippen molar-refractivity contribution in [1.29, 1.82) is 0 Å². The number of nitrogens with zero attached hydrogens (tertiary/aromatic N) is 1. The molecule has 0 radical (unpaired) electrons. The molecule has 1 nitrogen and oxygen atoms in total. The second-order valence-electron chi connectivity index (χ2n) is 3.18. The molecule has 0 heterocycles. The SMILES string of the molecule is CCC(C)N([SiH3])C(C)CC. The zero-order valence-electron chi connectivity index (χ0n) is 8.02. The van der Waals surface area contributed by atoms with Gasteiger partial charge >= 0.3 is 0 Å². The van der Waals surface area contributed by atoms with Gasteiger partial charge in [-0.05, 0) is 24.9 Å². The molecule has 0 aromatic rings. The summed E-state index contributed by atoms with van der Waals surface area (Å²) in [6.07, 6.45) is 2.57. The van der Waals surface area contributed by atoms with Gasteiger partial charge < -0.3 is 4.57 Å². The molecule has 0 spiro atoms. The monoisotopic (exact) mass is 159 g/mol. The lowest BCUT2D eigenvalue weighted by Gasteiger charge is -2.29. The molecule has 2 unspecified atom stereocenters. The fourth-order valence-electron chi connectivity index (χ4n) is 1.01. The minimum Gasteiger partial charge on any atom is -0.327 e. The summed E-state index contributed by atoms with van der Waals surface area (Å²) >= 11 is 0. The molecule has 0 bridgehead atoms. The van der Waals surface area contributed by atoms with E-state index in [0.29, 0.717) is 0 Å². The fraction of sp³-hybridized carbons (Fsp3) is 1.00. The van der Waals surface area contributed by atoms with Gasteiger partial charge in [-0.3, -0.25) is 0 Å². The Kier molecular flexibility index (Phi) is 5.00. The van der Waals surface area contributed by atoms with E-state index in [2.05, 4.69) is 32.3 Å². The number of hydrogen-bond acceptors (Lipinski definition) is 1. The van der Waals surface area contributed by atoms with Gasteiger partial charge in [0.05, 0.1) is 10.4 Å². The van der Waals surface area contributed by atoms with E-state index in [4.69, 9.17) is 0 Å². The topological polar surface area (TPSA) is 3.24 Å². The summed E-state index contributed by atoms with van der Waals surface area (Å²) in [5, 5.41) is 0. The van der Waals surface area contributed by atoms with E-state index < -0.39 is 0 Å². The van der Waals surface area contributed by atoms with Crippen molar-refractivity contribution in [3.8, 4) is 0 Å². The van der Waals surface area contributed by atoms with Crippen molar-refractivity contribution < 1.29 is 0 Å². The Morgan fingerprint density at radius 3 is 1.60 bits per heavy atom. The molecule has 0 saturated heterocycles. The molecular weight excluding hydrogens is 138 g/mol. The summed E-state index contributed by atoms with van der Waals surface area (Å²) in [7, 11) is 1.21. The molecule has 0 aliphatic heterocycles. The Morgan fingerprint density at radius 2 is 1.40 bits per heavy atom. The van der Waals surface area contributed by atoms with Crippen LogP contribution >= 0.6 is 0 Å². The molecule has 0 saturated carbocycles. The lowest BCUT2D eigenvalue weighted by molar-refractivity contribution is 0.275. The second-order valence-corrected chi connectivity index (χ2v) is 4.21. The second kappa shape index (κ2) is 4.91. The average molecular weight is 159 g/mol. The summed E-state index contributed by atoms with van der Waals surface area (Å²) in [6.45, 7) is 9.16. The molecule has 2 atom stereocenters. The van der Waals surface area contributed by atoms with Gasteiger partial charge in [-0.2, -0.15) is 0 Å². The maximum Gasteiger partial charge on any atom is 0.0791 e. The zero-order valence-corrected chi connectivity index (χ0v) is 10.0. The van der Waals surface area contributed by atoms with Crippen LogP contribution in [0.2, 0.25) is 0 Å². The third-order valence-corrected chi connectivity index (χ3v) is 4.34. The van der Waals surface area contributed by atoms with Gasteiger partial charge in [0.2, 0.25) is 0 Å². The first-order chi connectivity index (χ1) is 4.63. The minimum absolute atomic E-state index is 0.793. The van der Waals surface area contributed by atoms with E-state index in [1.165, 1.54) is 23.2 Å². The predicted octanol–water partition coefficient (Wildman–Crippen LogP) is 1.17. The molecule has 0 rings (SSSR count). The Hall–Kier alpha value is 0.177. The van der Waals surface area contributed by atoms with Crippen LogP contribution in [-0.2, 0) is 0 Å².